The normalized spacial score (nSPS) is 10.5. The van der Waals surface area contributed by atoms with Crippen LogP contribution >= 0.6 is 34.4 Å². The first-order chi connectivity index (χ1) is 14.3. The van der Waals surface area contributed by atoms with Crippen LogP contribution in [0.15, 0.2) is 9.72 Å². The van der Waals surface area contributed by atoms with Crippen molar-refractivity contribution in [2.75, 3.05) is 24.3 Å². The Morgan fingerprint density at radius 2 is 1.90 bits per heavy atom. The zero-order chi connectivity index (χ0) is 22.3. The molecular weight excluding hydrogens is 450 g/mol. The van der Waals surface area contributed by atoms with Gasteiger partial charge in [0.15, 0.2) is 4.34 Å². The van der Waals surface area contributed by atoms with Gasteiger partial charge < -0.3 is 20.5 Å². The van der Waals surface area contributed by atoms with Crippen LogP contribution in [0.5, 0.6) is 0 Å². The fraction of sp³-hybridized carbons (Fsp3) is 0.389. The lowest BCUT2D eigenvalue weighted by molar-refractivity contribution is -0.142. The number of carbonyl (C=O) groups is 4. The van der Waals surface area contributed by atoms with Crippen molar-refractivity contribution in [3.05, 3.63) is 27.1 Å². The molecule has 2 aromatic heterocycles. The van der Waals surface area contributed by atoms with E-state index in [2.05, 4.69) is 10.3 Å². The van der Waals surface area contributed by atoms with Crippen molar-refractivity contribution in [2.45, 2.75) is 31.5 Å². The molecule has 0 unspecified atom stereocenters. The number of primary amides is 1. The molecule has 30 heavy (non-hydrogen) atoms. The number of thiazole rings is 1. The van der Waals surface area contributed by atoms with Gasteiger partial charge in [0.1, 0.15) is 5.00 Å². The molecule has 0 saturated carbocycles. The van der Waals surface area contributed by atoms with Crippen molar-refractivity contribution in [1.82, 2.24) is 4.98 Å². The molecule has 0 aliphatic rings. The first-order valence-corrected chi connectivity index (χ1v) is 11.6. The van der Waals surface area contributed by atoms with Crippen molar-refractivity contribution < 1.29 is 28.7 Å². The Labute approximate surface area is 185 Å². The molecule has 2 aromatic rings. The van der Waals surface area contributed by atoms with E-state index in [1.54, 1.807) is 26.2 Å². The van der Waals surface area contributed by atoms with Crippen molar-refractivity contribution in [3.8, 4) is 0 Å². The Kier molecular flexibility index (Phi) is 8.81. The van der Waals surface area contributed by atoms with E-state index < -0.39 is 11.9 Å². The number of aromatic nitrogens is 1. The molecule has 2 heterocycles. The number of hydrogen-bond donors (Lipinski definition) is 2. The summed E-state index contributed by atoms with van der Waals surface area (Å²) in [5.74, 6) is -2.04. The monoisotopic (exact) mass is 471 g/mol. The molecule has 0 aliphatic heterocycles. The number of nitrogens with one attached hydrogen (secondary N) is 1. The number of hydrogen-bond acceptors (Lipinski definition) is 10. The van der Waals surface area contributed by atoms with Gasteiger partial charge in [-0.25, -0.2) is 9.78 Å². The predicted molar refractivity (Wildman–Crippen MR) is 115 cm³/mol. The Morgan fingerprint density at radius 3 is 2.53 bits per heavy atom. The van der Waals surface area contributed by atoms with Gasteiger partial charge in [-0.05, 0) is 26.3 Å². The Balaban J connectivity index is 2.03. The van der Waals surface area contributed by atoms with Crippen LogP contribution in [0.3, 0.4) is 0 Å². The summed E-state index contributed by atoms with van der Waals surface area (Å²) in [6, 6.07) is 0. The summed E-state index contributed by atoms with van der Waals surface area (Å²) in [5, 5.41) is 4.59. The second-order valence-electron chi connectivity index (χ2n) is 5.77. The van der Waals surface area contributed by atoms with E-state index in [1.807, 2.05) is 0 Å². The summed E-state index contributed by atoms with van der Waals surface area (Å²) in [5.41, 5.74) is 6.43. The fourth-order valence-corrected chi connectivity index (χ4v) is 5.08. The zero-order valence-corrected chi connectivity index (χ0v) is 19.1. The van der Waals surface area contributed by atoms with Crippen molar-refractivity contribution in [2.24, 2.45) is 5.73 Å². The maximum atomic E-state index is 12.4. The van der Waals surface area contributed by atoms with E-state index in [0.29, 0.717) is 22.2 Å². The smallest absolute Gasteiger partial charge is 0.341 e. The van der Waals surface area contributed by atoms with Gasteiger partial charge in [-0.3, -0.25) is 14.4 Å². The van der Waals surface area contributed by atoms with Crippen LogP contribution in [0.1, 0.15) is 45.1 Å². The van der Waals surface area contributed by atoms with E-state index in [4.69, 9.17) is 15.2 Å². The number of nitrogens with zero attached hydrogens (tertiary/aromatic N) is 1. The molecule has 2 amide bonds. The largest absolute Gasteiger partial charge is 0.466 e. The highest BCUT2D eigenvalue weighted by atomic mass is 32.2. The van der Waals surface area contributed by atoms with E-state index in [0.717, 1.165) is 11.3 Å². The van der Waals surface area contributed by atoms with Gasteiger partial charge in [-0.1, -0.05) is 11.8 Å². The molecule has 0 aromatic carbocycles. The highest BCUT2D eigenvalue weighted by Gasteiger charge is 2.25. The van der Waals surface area contributed by atoms with Crippen molar-refractivity contribution >= 4 is 63.2 Å². The number of esters is 2. The summed E-state index contributed by atoms with van der Waals surface area (Å²) in [7, 11) is 0. The van der Waals surface area contributed by atoms with Gasteiger partial charge in [0, 0.05) is 5.38 Å². The summed E-state index contributed by atoms with van der Waals surface area (Å²) < 4.78 is 10.5. The number of rotatable bonds is 10. The third-order valence-electron chi connectivity index (χ3n) is 3.59. The SMILES string of the molecule is CCOC(=O)Cc1csc(SCC(=O)Nc2sc(C(N)=O)c(C)c2C(=O)OCC)n1. The van der Waals surface area contributed by atoms with Gasteiger partial charge in [-0.15, -0.1) is 22.7 Å². The number of thioether (sulfide) groups is 1. The maximum Gasteiger partial charge on any atom is 0.341 e. The molecule has 0 aliphatic carbocycles. The van der Waals surface area contributed by atoms with Gasteiger partial charge in [0.25, 0.3) is 5.91 Å². The standard InChI is InChI=1S/C18H21N3O6S3/c1-4-26-12(23)6-10-7-28-18(20-10)29-8-11(22)21-16-13(17(25)27-5-2)9(3)14(30-16)15(19)24/h7H,4-6,8H2,1-3H3,(H2,19,24)(H,21,22). The molecule has 3 N–H and O–H groups in total. The molecule has 0 atom stereocenters. The van der Waals surface area contributed by atoms with Gasteiger partial charge >= 0.3 is 11.9 Å². The lowest BCUT2D eigenvalue weighted by atomic mass is 10.1. The first-order valence-electron chi connectivity index (χ1n) is 8.89. The third-order valence-corrected chi connectivity index (χ3v) is 6.88. The number of thiophene rings is 1. The first kappa shape index (κ1) is 23.8. The number of amides is 2. The second-order valence-corrected chi connectivity index (χ2v) is 8.87. The summed E-state index contributed by atoms with van der Waals surface area (Å²) in [4.78, 5) is 52.2. The molecule has 0 saturated heterocycles. The predicted octanol–water partition coefficient (Wildman–Crippen LogP) is 2.63. The van der Waals surface area contributed by atoms with Crippen molar-refractivity contribution in [3.63, 3.8) is 0 Å². The minimum absolute atomic E-state index is 0.0253. The number of carbonyl (C=O) groups excluding carboxylic acids is 4. The lowest BCUT2D eigenvalue weighted by Gasteiger charge is -2.06. The van der Waals surface area contributed by atoms with Crippen LogP contribution in [0, 0.1) is 6.92 Å². The minimum atomic E-state index is -0.685. The topological polar surface area (TPSA) is 138 Å². The number of ether oxygens (including phenoxy) is 2. The van der Waals surface area contributed by atoms with Crippen LogP contribution in [-0.2, 0) is 25.5 Å². The minimum Gasteiger partial charge on any atom is -0.466 e. The number of nitrogens with two attached hydrogens (primary N) is 1. The van der Waals surface area contributed by atoms with Crippen molar-refractivity contribution in [1.29, 1.82) is 0 Å². The molecule has 162 valence electrons. The van der Waals surface area contributed by atoms with Crippen LogP contribution in [0.25, 0.3) is 0 Å². The van der Waals surface area contributed by atoms with Crippen LogP contribution in [0.2, 0.25) is 0 Å². The molecule has 0 spiro atoms. The average molecular weight is 472 g/mol. The highest BCUT2D eigenvalue weighted by molar-refractivity contribution is 8.01. The molecule has 0 fully saturated rings. The molecule has 0 radical (unpaired) electrons. The average Bonchev–Trinajstić information content (AvgIpc) is 3.24. The molecular formula is C18H21N3O6S3. The van der Waals surface area contributed by atoms with Crippen LogP contribution < -0.4 is 11.1 Å². The molecule has 0 bridgehead atoms. The number of anilines is 1. The van der Waals surface area contributed by atoms with E-state index >= 15 is 0 Å². The van der Waals surface area contributed by atoms with Crippen LogP contribution in [-0.4, -0.2) is 47.7 Å². The van der Waals surface area contributed by atoms with Gasteiger partial charge in [0.05, 0.1) is 41.5 Å². The maximum absolute atomic E-state index is 12.4. The van der Waals surface area contributed by atoms with Gasteiger partial charge in [0.2, 0.25) is 5.91 Å². The second kappa shape index (κ2) is 11.1. The summed E-state index contributed by atoms with van der Waals surface area (Å²) in [6.45, 7) is 5.43. The highest BCUT2D eigenvalue weighted by Crippen LogP contribution is 2.34. The Morgan fingerprint density at radius 1 is 1.20 bits per heavy atom. The molecule has 2 rings (SSSR count). The van der Waals surface area contributed by atoms with Crippen LogP contribution in [0.4, 0.5) is 5.00 Å². The van der Waals surface area contributed by atoms with Gasteiger partial charge in [-0.2, -0.15) is 0 Å². The summed E-state index contributed by atoms with van der Waals surface area (Å²) >= 11 is 3.44. The van der Waals surface area contributed by atoms with E-state index in [-0.39, 0.29) is 46.1 Å². The Hall–Kier alpha value is -2.44. The quantitative estimate of drug-likeness (QED) is 0.398. The zero-order valence-electron chi connectivity index (χ0n) is 16.6. The molecule has 9 nitrogen and oxygen atoms in total. The fourth-order valence-electron chi connectivity index (χ4n) is 2.37. The van der Waals surface area contributed by atoms with E-state index in [1.165, 1.54) is 23.1 Å². The lowest BCUT2D eigenvalue weighted by Crippen LogP contribution is -2.16. The summed E-state index contributed by atoms with van der Waals surface area (Å²) in [6.07, 6.45) is 0.0738. The molecule has 12 heteroatoms. The Bertz CT molecular complexity index is 953. The third kappa shape index (κ3) is 6.28. The van der Waals surface area contributed by atoms with E-state index in [9.17, 15) is 19.2 Å².